The molecule has 6 radical (unpaired) electrons. The molecule has 1 saturated carbocycles. The molecule has 4 heteroatoms. The van der Waals surface area contributed by atoms with Crippen molar-refractivity contribution in [3.05, 3.63) is 64.2 Å². The maximum atomic E-state index is 7.50. The van der Waals surface area contributed by atoms with Crippen LogP contribution < -0.4 is 0 Å². The predicted octanol–water partition coefficient (Wildman–Crippen LogP) is 1.46. The van der Waals surface area contributed by atoms with Gasteiger partial charge in [0.05, 0.1) is 0 Å². The Bertz CT molecular complexity index is 140. The molecule has 1 aliphatic rings. The summed E-state index contributed by atoms with van der Waals surface area (Å²) in [6, 6.07) is 0. The van der Waals surface area contributed by atoms with Crippen LogP contribution in [0, 0.1) is 51.6 Å². The van der Waals surface area contributed by atoms with Crippen molar-refractivity contribution in [3.8, 4) is 0 Å². The van der Waals surface area contributed by atoms with Crippen LogP contribution in [-0.4, -0.2) is 0 Å². The van der Waals surface area contributed by atoms with E-state index in [0.29, 0.717) is 0 Å². The molecular formula is C10H7MnO3. The standard InChI is InChI=1S/C7H7.3CO.Mn/c1-2-7-5-3-4-6-7;3*1-2;/h2-6H,1H2;;;;. The zero-order valence-corrected chi connectivity index (χ0v) is 8.38. The van der Waals surface area contributed by atoms with Gasteiger partial charge in [-0.2, -0.15) is 0 Å². The average molecular weight is 230 g/mol. The van der Waals surface area contributed by atoms with Crippen molar-refractivity contribution in [2.45, 2.75) is 0 Å². The zero-order chi connectivity index (χ0) is 11.1. The second-order valence-electron chi connectivity index (χ2n) is 1.42. The average Bonchev–Trinajstić information content (AvgIpc) is 2.79. The van der Waals surface area contributed by atoms with E-state index in [1.54, 1.807) is 0 Å². The summed E-state index contributed by atoms with van der Waals surface area (Å²) in [4.78, 5) is 0. The molecule has 0 aliphatic heterocycles. The van der Waals surface area contributed by atoms with Crippen molar-refractivity contribution in [1.82, 2.24) is 0 Å². The van der Waals surface area contributed by atoms with E-state index >= 15 is 0 Å². The van der Waals surface area contributed by atoms with Gasteiger partial charge >= 0.3 is 33.9 Å². The minimum Gasteiger partial charge on any atom is 0 e. The molecule has 3 nitrogen and oxygen atoms in total. The van der Waals surface area contributed by atoms with Gasteiger partial charge < -0.3 is 0 Å². The maximum Gasteiger partial charge on any atom is 0 e. The fourth-order valence-electron chi connectivity index (χ4n) is 0.525. The molecule has 0 unspecified atom stereocenters. The Morgan fingerprint density at radius 2 is 1.21 bits per heavy atom. The minimum absolute atomic E-state index is 0. The molecule has 14 heavy (non-hydrogen) atoms. The largest absolute Gasteiger partial charge is 0 e. The van der Waals surface area contributed by atoms with Crippen LogP contribution in [0.25, 0.3) is 0 Å². The first-order chi connectivity index (χ1) is 6.43. The molecule has 0 aromatic heterocycles. The van der Waals surface area contributed by atoms with Crippen LogP contribution in [0.5, 0.6) is 0 Å². The molecule has 0 saturated heterocycles. The van der Waals surface area contributed by atoms with Gasteiger partial charge in [-0.1, -0.05) is 6.08 Å². The van der Waals surface area contributed by atoms with Gasteiger partial charge in [-0.3, -0.25) is 0 Å². The van der Waals surface area contributed by atoms with Crippen LogP contribution in [-0.2, 0) is 31.0 Å². The summed E-state index contributed by atoms with van der Waals surface area (Å²) in [5.41, 5.74) is 0. The van der Waals surface area contributed by atoms with Crippen LogP contribution in [0.2, 0.25) is 0 Å². The van der Waals surface area contributed by atoms with Crippen molar-refractivity contribution >= 4 is 0 Å². The molecule has 0 aromatic rings. The van der Waals surface area contributed by atoms with Gasteiger partial charge in [0.2, 0.25) is 0 Å². The van der Waals surface area contributed by atoms with Gasteiger partial charge in [0.15, 0.2) is 0 Å². The monoisotopic (exact) mass is 230 g/mol. The van der Waals surface area contributed by atoms with Gasteiger partial charge in [-0.15, -0.1) is 6.58 Å². The molecule has 0 aromatic carbocycles. The smallest absolute Gasteiger partial charge is 0 e. The molecule has 1 rings (SSSR count). The van der Waals surface area contributed by atoms with E-state index in [-0.39, 0.29) is 17.1 Å². The normalized spacial score (nSPS) is 11.9. The fraction of sp³-hybridized carbons (Fsp3) is 0. The first-order valence-electron chi connectivity index (χ1n) is 2.89. The Morgan fingerprint density at radius 3 is 1.36 bits per heavy atom. The van der Waals surface area contributed by atoms with Crippen LogP contribution in [0.15, 0.2) is 12.7 Å². The van der Waals surface area contributed by atoms with E-state index in [2.05, 4.69) is 26.5 Å². The van der Waals surface area contributed by atoms with Gasteiger partial charge in [0.1, 0.15) is 0 Å². The van der Waals surface area contributed by atoms with Crippen LogP contribution in [0.4, 0.5) is 0 Å². The van der Waals surface area contributed by atoms with E-state index in [4.69, 9.17) is 14.0 Å². The molecule has 1 aliphatic carbocycles. The number of allylic oxidation sites excluding steroid dienone is 1. The van der Waals surface area contributed by atoms with Gasteiger partial charge in [0.25, 0.3) is 0 Å². The summed E-state index contributed by atoms with van der Waals surface area (Å²) in [5, 5.41) is 0. The third-order valence-corrected chi connectivity index (χ3v) is 0.924. The van der Waals surface area contributed by atoms with Crippen molar-refractivity contribution in [3.63, 3.8) is 0 Å². The quantitative estimate of drug-likeness (QED) is 0.372. The van der Waals surface area contributed by atoms with Gasteiger partial charge in [-0.25, -0.2) is 0 Å². The topological polar surface area (TPSA) is 59.7 Å². The van der Waals surface area contributed by atoms with Crippen molar-refractivity contribution in [1.29, 1.82) is 0 Å². The summed E-state index contributed by atoms with van der Waals surface area (Å²) >= 11 is 0. The van der Waals surface area contributed by atoms with Crippen LogP contribution in [0.1, 0.15) is 0 Å². The number of hydrogen-bond acceptors (Lipinski definition) is 0. The SMILES string of the molecule is C=C[C]1[CH][CH][CH][CH]1.[C-]#[O+].[C-]#[O+].[C-]#[O+].[Mn]. The van der Waals surface area contributed by atoms with Crippen LogP contribution >= 0.6 is 0 Å². The second kappa shape index (κ2) is 29.4. The molecule has 0 bridgehead atoms. The summed E-state index contributed by atoms with van der Waals surface area (Å²) in [7, 11) is 0. The third kappa shape index (κ3) is 17.5. The Hall–Kier alpha value is -0.521. The molecule has 72 valence electrons. The van der Waals surface area contributed by atoms with Crippen molar-refractivity contribution in [2.24, 2.45) is 0 Å². The summed E-state index contributed by atoms with van der Waals surface area (Å²) in [6.07, 6.45) is 9.87. The molecular weight excluding hydrogens is 223 g/mol. The molecule has 0 amide bonds. The first-order valence-corrected chi connectivity index (χ1v) is 2.89. The number of rotatable bonds is 1. The Labute approximate surface area is 95.6 Å². The minimum atomic E-state index is 0. The molecule has 0 spiro atoms. The van der Waals surface area contributed by atoms with E-state index in [9.17, 15) is 0 Å². The summed E-state index contributed by atoms with van der Waals surface area (Å²) < 4.78 is 22.5. The third-order valence-electron chi connectivity index (χ3n) is 0.924. The molecule has 0 heterocycles. The van der Waals surface area contributed by atoms with E-state index in [1.807, 2.05) is 31.8 Å². The van der Waals surface area contributed by atoms with E-state index < -0.39 is 0 Å². The Kier molecular flexibility index (Phi) is 49.1. The van der Waals surface area contributed by atoms with Gasteiger partial charge in [0, 0.05) is 23.0 Å². The number of hydrogen-bond donors (Lipinski definition) is 0. The van der Waals surface area contributed by atoms with Crippen molar-refractivity contribution < 1.29 is 31.0 Å². The van der Waals surface area contributed by atoms with Crippen LogP contribution in [0.3, 0.4) is 0 Å². The fourth-order valence-corrected chi connectivity index (χ4v) is 0.525. The van der Waals surface area contributed by atoms with Gasteiger partial charge in [-0.05, 0) is 25.7 Å². The maximum absolute atomic E-state index is 7.50. The summed E-state index contributed by atoms with van der Waals surface area (Å²) in [6.45, 7) is 17.1. The van der Waals surface area contributed by atoms with E-state index in [1.165, 1.54) is 5.92 Å². The first kappa shape index (κ1) is 23.4. The Morgan fingerprint density at radius 1 is 0.929 bits per heavy atom. The Balaban J connectivity index is -0.0000000625. The zero-order valence-electron chi connectivity index (χ0n) is 7.20. The van der Waals surface area contributed by atoms with E-state index in [0.717, 1.165) is 0 Å². The summed E-state index contributed by atoms with van der Waals surface area (Å²) in [5.74, 6) is 1.19. The van der Waals surface area contributed by atoms with Crippen molar-refractivity contribution in [2.75, 3.05) is 0 Å². The second-order valence-corrected chi connectivity index (χ2v) is 1.42. The predicted molar refractivity (Wildman–Crippen MR) is 42.4 cm³/mol. The molecule has 1 fully saturated rings. The molecule has 0 N–H and O–H groups in total. The molecule has 0 atom stereocenters.